The molecule has 2 amide bonds. The predicted octanol–water partition coefficient (Wildman–Crippen LogP) is -0.265. The summed E-state index contributed by atoms with van der Waals surface area (Å²) in [4.78, 5) is 27.5. The van der Waals surface area contributed by atoms with E-state index < -0.39 is 11.8 Å². The smallest absolute Gasteiger partial charge is 0.276 e. The van der Waals surface area contributed by atoms with Gasteiger partial charge in [-0.1, -0.05) is 0 Å². The molecule has 0 aliphatic carbocycles. The van der Waals surface area contributed by atoms with Gasteiger partial charge in [0.1, 0.15) is 5.75 Å². The zero-order chi connectivity index (χ0) is 12.1. The van der Waals surface area contributed by atoms with Crippen molar-refractivity contribution < 1.29 is 14.7 Å². The fraction of sp³-hybridized carbons (Fsp3) is 0.300. The molecule has 0 aliphatic rings. The van der Waals surface area contributed by atoms with Gasteiger partial charge in [-0.05, 0) is 19.1 Å². The van der Waals surface area contributed by atoms with Crippen LogP contribution in [0.3, 0.4) is 0 Å². The minimum atomic E-state index is -0.606. The van der Waals surface area contributed by atoms with E-state index in [1.165, 1.54) is 23.2 Å². The first kappa shape index (κ1) is 12.0. The van der Waals surface area contributed by atoms with Crippen molar-refractivity contribution in [2.45, 2.75) is 6.92 Å². The number of likely N-dealkylation sites (N-methyl/N-ethyl adjacent to an activating group) is 1. The Morgan fingerprint density at radius 2 is 2.25 bits per heavy atom. The first-order valence-electron chi connectivity index (χ1n) is 4.77. The molecule has 86 valence electrons. The van der Waals surface area contributed by atoms with Crippen LogP contribution in [-0.4, -0.2) is 39.9 Å². The van der Waals surface area contributed by atoms with E-state index in [0.717, 1.165) is 0 Å². The first-order valence-corrected chi connectivity index (χ1v) is 4.77. The Morgan fingerprint density at radius 3 is 2.75 bits per heavy atom. The van der Waals surface area contributed by atoms with E-state index in [1.54, 1.807) is 6.92 Å². The highest BCUT2D eigenvalue weighted by molar-refractivity contribution is 5.96. The van der Waals surface area contributed by atoms with E-state index in [-0.39, 0.29) is 18.0 Å². The zero-order valence-electron chi connectivity index (χ0n) is 8.88. The van der Waals surface area contributed by atoms with Crippen LogP contribution in [0, 0.1) is 0 Å². The molecule has 1 aromatic rings. The maximum absolute atomic E-state index is 11.8. The second kappa shape index (κ2) is 5.11. The van der Waals surface area contributed by atoms with Crippen molar-refractivity contribution in [1.82, 2.24) is 9.88 Å². The van der Waals surface area contributed by atoms with Gasteiger partial charge in [0.25, 0.3) is 5.91 Å². The molecule has 0 saturated heterocycles. The molecule has 0 fully saturated rings. The highest BCUT2D eigenvalue weighted by Gasteiger charge is 2.19. The summed E-state index contributed by atoms with van der Waals surface area (Å²) in [6.45, 7) is 1.84. The average Bonchev–Trinajstić information content (AvgIpc) is 2.25. The van der Waals surface area contributed by atoms with Crippen molar-refractivity contribution in [3.05, 3.63) is 24.0 Å². The number of nitrogens with zero attached hydrogens (tertiary/aromatic N) is 2. The van der Waals surface area contributed by atoms with Gasteiger partial charge in [0.15, 0.2) is 5.69 Å². The van der Waals surface area contributed by atoms with E-state index >= 15 is 0 Å². The molecule has 6 nitrogen and oxygen atoms in total. The highest BCUT2D eigenvalue weighted by Crippen LogP contribution is 2.14. The fourth-order valence-corrected chi connectivity index (χ4v) is 1.23. The van der Waals surface area contributed by atoms with E-state index in [9.17, 15) is 14.7 Å². The van der Waals surface area contributed by atoms with Gasteiger partial charge in [0, 0.05) is 12.7 Å². The summed E-state index contributed by atoms with van der Waals surface area (Å²) >= 11 is 0. The minimum Gasteiger partial charge on any atom is -0.505 e. The van der Waals surface area contributed by atoms with Crippen LogP contribution < -0.4 is 5.73 Å². The number of nitrogens with two attached hydrogens (primary N) is 1. The molecule has 0 aromatic carbocycles. The van der Waals surface area contributed by atoms with Crippen LogP contribution in [0.25, 0.3) is 0 Å². The van der Waals surface area contributed by atoms with Crippen molar-refractivity contribution in [2.24, 2.45) is 5.73 Å². The molecule has 16 heavy (non-hydrogen) atoms. The second-order valence-electron chi connectivity index (χ2n) is 3.16. The maximum atomic E-state index is 11.8. The van der Waals surface area contributed by atoms with E-state index in [1.807, 2.05) is 0 Å². The lowest BCUT2D eigenvalue weighted by atomic mass is 10.3. The van der Waals surface area contributed by atoms with Gasteiger partial charge in [-0.25, -0.2) is 4.98 Å². The number of amides is 2. The molecule has 3 N–H and O–H groups in total. The first-order chi connectivity index (χ1) is 7.56. The number of primary amides is 1. The molecule has 1 heterocycles. The van der Waals surface area contributed by atoms with Crippen LogP contribution >= 0.6 is 0 Å². The number of pyridine rings is 1. The summed E-state index contributed by atoms with van der Waals surface area (Å²) in [7, 11) is 0. The number of hydrogen-bond acceptors (Lipinski definition) is 4. The molecular weight excluding hydrogens is 210 g/mol. The van der Waals surface area contributed by atoms with Crippen LogP contribution in [-0.2, 0) is 4.79 Å². The SMILES string of the molecule is CCN(CC(N)=O)C(=O)c1ncccc1O. The third-order valence-corrected chi connectivity index (χ3v) is 2.00. The normalized spacial score (nSPS) is 9.81. The van der Waals surface area contributed by atoms with E-state index in [4.69, 9.17) is 5.73 Å². The summed E-state index contributed by atoms with van der Waals surface area (Å²) in [5.41, 5.74) is 4.93. The second-order valence-corrected chi connectivity index (χ2v) is 3.16. The van der Waals surface area contributed by atoms with Crippen LogP contribution in [0.5, 0.6) is 5.75 Å². The van der Waals surface area contributed by atoms with Gasteiger partial charge in [0.05, 0.1) is 6.54 Å². The highest BCUT2D eigenvalue weighted by atomic mass is 16.3. The number of carbonyl (C=O) groups excluding carboxylic acids is 2. The maximum Gasteiger partial charge on any atom is 0.276 e. The average molecular weight is 223 g/mol. The van der Waals surface area contributed by atoms with Gasteiger partial charge in [-0.2, -0.15) is 0 Å². The Bertz CT molecular complexity index is 406. The van der Waals surface area contributed by atoms with Crippen molar-refractivity contribution in [3.63, 3.8) is 0 Å². The topological polar surface area (TPSA) is 96.5 Å². The number of carbonyl (C=O) groups is 2. The van der Waals surface area contributed by atoms with Crippen LogP contribution in [0.2, 0.25) is 0 Å². The zero-order valence-corrected chi connectivity index (χ0v) is 8.88. The standard InChI is InChI=1S/C10H13N3O3/c1-2-13(6-8(11)15)10(16)9-7(14)4-3-5-12-9/h3-5,14H,2,6H2,1H3,(H2,11,15). The van der Waals surface area contributed by atoms with Gasteiger partial charge in [-0.3, -0.25) is 9.59 Å². The predicted molar refractivity (Wildman–Crippen MR) is 56.7 cm³/mol. The molecule has 0 saturated carbocycles. The molecule has 1 aromatic heterocycles. The lowest BCUT2D eigenvalue weighted by molar-refractivity contribution is -0.118. The van der Waals surface area contributed by atoms with Gasteiger partial charge in [0.2, 0.25) is 5.91 Å². The lowest BCUT2D eigenvalue weighted by Gasteiger charge is -2.18. The van der Waals surface area contributed by atoms with Crippen LogP contribution in [0.4, 0.5) is 0 Å². The minimum absolute atomic E-state index is 0.0781. The van der Waals surface area contributed by atoms with Crippen molar-refractivity contribution >= 4 is 11.8 Å². The van der Waals surface area contributed by atoms with Crippen molar-refractivity contribution in [3.8, 4) is 5.75 Å². The quantitative estimate of drug-likeness (QED) is 0.734. The van der Waals surface area contributed by atoms with E-state index in [2.05, 4.69) is 4.98 Å². The third-order valence-electron chi connectivity index (χ3n) is 2.00. The van der Waals surface area contributed by atoms with Crippen molar-refractivity contribution in [1.29, 1.82) is 0 Å². The number of hydrogen-bond donors (Lipinski definition) is 2. The lowest BCUT2D eigenvalue weighted by Crippen LogP contribution is -2.38. The molecule has 0 unspecified atom stereocenters. The van der Waals surface area contributed by atoms with Crippen molar-refractivity contribution in [2.75, 3.05) is 13.1 Å². The van der Waals surface area contributed by atoms with Gasteiger partial charge in [-0.15, -0.1) is 0 Å². The molecular formula is C10H13N3O3. The summed E-state index contributed by atoms with van der Waals surface area (Å²) in [6, 6.07) is 2.87. The third kappa shape index (κ3) is 2.69. The Hall–Kier alpha value is -2.11. The molecule has 1 rings (SSSR count). The monoisotopic (exact) mass is 223 g/mol. The fourth-order valence-electron chi connectivity index (χ4n) is 1.23. The number of aromatic hydroxyl groups is 1. The largest absolute Gasteiger partial charge is 0.505 e. The molecule has 0 spiro atoms. The van der Waals surface area contributed by atoms with Crippen LogP contribution in [0.15, 0.2) is 18.3 Å². The summed E-state index contributed by atoms with van der Waals surface area (Å²) < 4.78 is 0. The summed E-state index contributed by atoms with van der Waals surface area (Å²) in [5, 5.41) is 9.43. The van der Waals surface area contributed by atoms with Gasteiger partial charge < -0.3 is 15.7 Å². The summed E-state index contributed by atoms with van der Waals surface area (Å²) in [6.07, 6.45) is 1.39. The summed E-state index contributed by atoms with van der Waals surface area (Å²) in [5.74, 6) is -1.33. The Kier molecular flexibility index (Phi) is 3.82. The Morgan fingerprint density at radius 1 is 1.56 bits per heavy atom. The molecule has 0 bridgehead atoms. The molecule has 0 aliphatic heterocycles. The molecule has 0 atom stereocenters. The number of rotatable bonds is 4. The number of aromatic nitrogens is 1. The van der Waals surface area contributed by atoms with Crippen LogP contribution in [0.1, 0.15) is 17.4 Å². The Labute approximate surface area is 92.7 Å². The van der Waals surface area contributed by atoms with Gasteiger partial charge >= 0.3 is 0 Å². The Balaban J connectivity index is 2.91. The molecule has 0 radical (unpaired) electrons. The van der Waals surface area contributed by atoms with E-state index in [0.29, 0.717) is 6.54 Å². The molecule has 6 heteroatoms.